The molecule has 0 aromatic heterocycles. The number of hydrogen-bond donors (Lipinski definition) is 0. The molecule has 0 N–H and O–H groups in total. The molecule has 0 amide bonds. The summed E-state index contributed by atoms with van der Waals surface area (Å²) in [7, 11) is 0. The molecule has 0 aliphatic rings. The third-order valence-electron chi connectivity index (χ3n) is 4.13. The lowest BCUT2D eigenvalue weighted by Gasteiger charge is -2.10. The van der Waals surface area contributed by atoms with Gasteiger partial charge in [-0.15, -0.1) is 0 Å². The summed E-state index contributed by atoms with van der Waals surface area (Å²) in [6, 6.07) is 17.3. The highest BCUT2D eigenvalue weighted by atomic mass is 16.6. The largest absolute Gasteiger partial charge is 0.462 e. The van der Waals surface area contributed by atoms with E-state index in [9.17, 15) is 14.4 Å². The predicted molar refractivity (Wildman–Crippen MR) is 101 cm³/mol. The van der Waals surface area contributed by atoms with E-state index in [0.717, 1.165) is 19.3 Å². The summed E-state index contributed by atoms with van der Waals surface area (Å²) in [5.74, 6) is -1.82. The Morgan fingerprint density at radius 1 is 0.778 bits per heavy atom. The average Bonchev–Trinajstić information content (AvgIpc) is 2.71. The van der Waals surface area contributed by atoms with Gasteiger partial charge < -0.3 is 9.47 Å². The third kappa shape index (κ3) is 7.05. The maximum atomic E-state index is 12.0. The quantitative estimate of drug-likeness (QED) is 0.372. The van der Waals surface area contributed by atoms with Crippen molar-refractivity contribution in [3.8, 4) is 0 Å². The van der Waals surface area contributed by atoms with Crippen LogP contribution in [0.3, 0.4) is 0 Å². The molecule has 5 heteroatoms. The number of unbranched alkanes of at least 4 members (excludes halogenated alkanes) is 2. The van der Waals surface area contributed by atoms with Crippen LogP contribution in [0.2, 0.25) is 0 Å². The smallest absolute Gasteiger partial charge is 0.345 e. The van der Waals surface area contributed by atoms with Gasteiger partial charge in [0.25, 0.3) is 0 Å². The zero-order valence-corrected chi connectivity index (χ0v) is 15.4. The molecule has 0 radical (unpaired) electrons. The number of rotatable bonds is 9. The first kappa shape index (κ1) is 20.4. The summed E-state index contributed by atoms with van der Waals surface area (Å²) in [4.78, 5) is 35.6. The van der Waals surface area contributed by atoms with Crippen LogP contribution in [0.5, 0.6) is 0 Å². The zero-order valence-electron chi connectivity index (χ0n) is 15.4. The van der Waals surface area contributed by atoms with Crippen molar-refractivity contribution >= 4 is 17.9 Å². The summed E-state index contributed by atoms with van der Waals surface area (Å²) in [6.45, 7) is 2.09. The van der Waals surface area contributed by atoms with Crippen LogP contribution in [0.25, 0.3) is 0 Å². The lowest BCUT2D eigenvalue weighted by Crippen LogP contribution is -2.19. The number of ether oxygens (including phenoxy) is 2. The van der Waals surface area contributed by atoms with Gasteiger partial charge in [0.15, 0.2) is 0 Å². The van der Waals surface area contributed by atoms with Gasteiger partial charge in [0.05, 0.1) is 23.7 Å². The van der Waals surface area contributed by atoms with Crippen molar-refractivity contribution in [3.63, 3.8) is 0 Å². The number of hydrogen-bond acceptors (Lipinski definition) is 5. The Hall–Kier alpha value is -2.95. The van der Waals surface area contributed by atoms with E-state index in [4.69, 9.17) is 9.47 Å². The van der Waals surface area contributed by atoms with Gasteiger partial charge in [0, 0.05) is 0 Å². The van der Waals surface area contributed by atoms with E-state index in [1.165, 1.54) is 0 Å². The second-order valence-corrected chi connectivity index (χ2v) is 6.33. The van der Waals surface area contributed by atoms with Gasteiger partial charge in [-0.25, -0.2) is 9.59 Å². The zero-order chi connectivity index (χ0) is 19.5. The lowest BCUT2D eigenvalue weighted by atomic mass is 10.0. The second-order valence-electron chi connectivity index (χ2n) is 6.33. The Balaban J connectivity index is 1.59. The standard InChI is InChI=1S/C22H24O5/c1-17(20(23)27-22(25)19-14-8-3-9-15-19)11-5-4-10-16-26-21(24)18-12-6-2-7-13-18/h2-3,6-9,12-15,17H,4-5,10-11,16H2,1H3. The molecule has 0 aliphatic heterocycles. The van der Waals surface area contributed by atoms with E-state index >= 15 is 0 Å². The molecular formula is C22H24O5. The maximum absolute atomic E-state index is 12.0. The Kier molecular flexibility index (Phi) is 8.23. The SMILES string of the molecule is CC(CCCCCOC(=O)c1ccccc1)C(=O)OC(=O)c1ccccc1. The molecule has 5 nitrogen and oxygen atoms in total. The molecule has 2 aromatic carbocycles. The van der Waals surface area contributed by atoms with Crippen LogP contribution in [0.15, 0.2) is 60.7 Å². The third-order valence-corrected chi connectivity index (χ3v) is 4.13. The first-order chi connectivity index (χ1) is 13.1. The summed E-state index contributed by atoms with van der Waals surface area (Å²) in [5.41, 5.74) is 0.898. The minimum atomic E-state index is -0.625. The fourth-order valence-corrected chi connectivity index (χ4v) is 2.49. The van der Waals surface area contributed by atoms with Crippen molar-refractivity contribution in [2.24, 2.45) is 5.92 Å². The van der Waals surface area contributed by atoms with Gasteiger partial charge in [0.1, 0.15) is 0 Å². The van der Waals surface area contributed by atoms with Gasteiger partial charge in [-0.05, 0) is 37.1 Å². The van der Waals surface area contributed by atoms with E-state index in [0.29, 0.717) is 24.2 Å². The summed E-state index contributed by atoms with van der Waals surface area (Å²) in [5, 5.41) is 0. The Labute approximate surface area is 159 Å². The summed E-state index contributed by atoms with van der Waals surface area (Å²) in [6.07, 6.45) is 2.96. The second kappa shape index (κ2) is 10.9. The molecule has 0 aliphatic carbocycles. The van der Waals surface area contributed by atoms with Crippen molar-refractivity contribution < 1.29 is 23.9 Å². The summed E-state index contributed by atoms with van der Waals surface area (Å²) < 4.78 is 10.1. The Morgan fingerprint density at radius 2 is 1.33 bits per heavy atom. The normalized spacial score (nSPS) is 11.4. The molecule has 0 saturated heterocycles. The minimum Gasteiger partial charge on any atom is -0.462 e. The molecule has 0 heterocycles. The van der Waals surface area contributed by atoms with Gasteiger partial charge in [-0.1, -0.05) is 56.2 Å². The molecule has 2 aromatic rings. The Morgan fingerprint density at radius 3 is 1.93 bits per heavy atom. The van der Waals surface area contributed by atoms with Gasteiger partial charge in [-0.3, -0.25) is 4.79 Å². The maximum Gasteiger partial charge on any atom is 0.345 e. The fourth-order valence-electron chi connectivity index (χ4n) is 2.49. The monoisotopic (exact) mass is 368 g/mol. The molecule has 27 heavy (non-hydrogen) atoms. The van der Waals surface area contributed by atoms with Crippen LogP contribution >= 0.6 is 0 Å². The van der Waals surface area contributed by atoms with Crippen LogP contribution in [-0.2, 0) is 14.3 Å². The molecule has 1 unspecified atom stereocenters. The highest BCUT2D eigenvalue weighted by molar-refractivity contribution is 5.97. The van der Waals surface area contributed by atoms with Gasteiger partial charge in [0.2, 0.25) is 0 Å². The molecule has 1 atom stereocenters. The molecule has 0 spiro atoms. The van der Waals surface area contributed by atoms with E-state index in [1.54, 1.807) is 61.5 Å². The van der Waals surface area contributed by atoms with Crippen molar-refractivity contribution in [3.05, 3.63) is 71.8 Å². The summed E-state index contributed by atoms with van der Waals surface area (Å²) >= 11 is 0. The highest BCUT2D eigenvalue weighted by Gasteiger charge is 2.19. The van der Waals surface area contributed by atoms with E-state index in [1.807, 2.05) is 6.07 Å². The van der Waals surface area contributed by atoms with E-state index in [-0.39, 0.29) is 11.9 Å². The van der Waals surface area contributed by atoms with Crippen molar-refractivity contribution in [1.82, 2.24) is 0 Å². The first-order valence-corrected chi connectivity index (χ1v) is 9.11. The predicted octanol–water partition coefficient (Wildman–Crippen LogP) is 4.42. The van der Waals surface area contributed by atoms with Gasteiger partial charge in [-0.2, -0.15) is 0 Å². The van der Waals surface area contributed by atoms with Crippen LogP contribution < -0.4 is 0 Å². The van der Waals surface area contributed by atoms with Gasteiger partial charge >= 0.3 is 17.9 Å². The van der Waals surface area contributed by atoms with Crippen LogP contribution in [0.1, 0.15) is 53.3 Å². The van der Waals surface area contributed by atoms with Crippen molar-refractivity contribution in [2.45, 2.75) is 32.6 Å². The fraction of sp³-hybridized carbons (Fsp3) is 0.318. The van der Waals surface area contributed by atoms with Crippen LogP contribution in [0.4, 0.5) is 0 Å². The minimum absolute atomic E-state index is 0.327. The van der Waals surface area contributed by atoms with Crippen molar-refractivity contribution in [1.29, 1.82) is 0 Å². The van der Waals surface area contributed by atoms with E-state index < -0.39 is 11.9 Å². The first-order valence-electron chi connectivity index (χ1n) is 9.11. The number of carbonyl (C=O) groups excluding carboxylic acids is 3. The molecule has 0 fully saturated rings. The molecule has 0 saturated carbocycles. The molecular weight excluding hydrogens is 344 g/mol. The number of benzene rings is 2. The van der Waals surface area contributed by atoms with E-state index in [2.05, 4.69) is 0 Å². The molecule has 0 bridgehead atoms. The number of esters is 3. The Bertz CT molecular complexity index is 740. The van der Waals surface area contributed by atoms with Crippen LogP contribution in [0, 0.1) is 5.92 Å². The topological polar surface area (TPSA) is 69.7 Å². The average molecular weight is 368 g/mol. The number of carbonyl (C=O) groups is 3. The molecule has 2 rings (SSSR count). The highest BCUT2D eigenvalue weighted by Crippen LogP contribution is 2.13. The van der Waals surface area contributed by atoms with Crippen molar-refractivity contribution in [2.75, 3.05) is 6.61 Å². The lowest BCUT2D eigenvalue weighted by molar-refractivity contribution is -0.142. The molecule has 142 valence electrons. The van der Waals surface area contributed by atoms with Crippen LogP contribution in [-0.4, -0.2) is 24.5 Å².